The SMILES string of the molecule is C/C=C/CNS(=O)(=O)Cl. The fourth-order valence-electron chi connectivity index (χ4n) is 0.266. The number of hydrogen-bond donors (Lipinski definition) is 1. The molecule has 0 aliphatic heterocycles. The van der Waals surface area contributed by atoms with Crippen LogP contribution in [0.25, 0.3) is 0 Å². The smallest absolute Gasteiger partial charge is 0.198 e. The maximum Gasteiger partial charge on any atom is 0.297 e. The van der Waals surface area contributed by atoms with E-state index in [1.54, 1.807) is 19.1 Å². The summed E-state index contributed by atoms with van der Waals surface area (Å²) < 4.78 is 22.3. The van der Waals surface area contributed by atoms with Crippen LogP contribution < -0.4 is 4.72 Å². The molecular weight excluding hydrogens is 162 g/mol. The van der Waals surface area contributed by atoms with Crippen molar-refractivity contribution < 1.29 is 8.42 Å². The minimum Gasteiger partial charge on any atom is -0.198 e. The van der Waals surface area contributed by atoms with E-state index in [0.29, 0.717) is 0 Å². The molecule has 0 saturated heterocycles. The quantitative estimate of drug-likeness (QED) is 0.498. The topological polar surface area (TPSA) is 46.2 Å². The molecule has 0 aliphatic carbocycles. The summed E-state index contributed by atoms with van der Waals surface area (Å²) in [5, 5.41) is 0. The van der Waals surface area contributed by atoms with E-state index >= 15 is 0 Å². The summed E-state index contributed by atoms with van der Waals surface area (Å²) in [5.41, 5.74) is 0. The van der Waals surface area contributed by atoms with Crippen molar-refractivity contribution in [1.29, 1.82) is 0 Å². The molecule has 0 amide bonds. The summed E-state index contributed by atoms with van der Waals surface area (Å²) >= 11 is 0. The largest absolute Gasteiger partial charge is 0.297 e. The number of hydrogen-bond acceptors (Lipinski definition) is 2. The molecule has 0 bridgehead atoms. The second-order valence-corrected chi connectivity index (χ2v) is 3.74. The van der Waals surface area contributed by atoms with Crippen LogP contribution in [-0.2, 0) is 9.24 Å². The summed E-state index contributed by atoms with van der Waals surface area (Å²) in [7, 11) is 1.27. The van der Waals surface area contributed by atoms with Gasteiger partial charge in [0.05, 0.1) is 0 Å². The highest BCUT2D eigenvalue weighted by Gasteiger charge is 1.98. The van der Waals surface area contributed by atoms with Crippen molar-refractivity contribution >= 4 is 19.9 Å². The fraction of sp³-hybridized carbons (Fsp3) is 0.500. The Morgan fingerprint density at radius 3 is 2.56 bits per heavy atom. The van der Waals surface area contributed by atoms with Gasteiger partial charge in [-0.05, 0) is 6.92 Å². The van der Waals surface area contributed by atoms with Gasteiger partial charge in [-0.1, -0.05) is 12.2 Å². The Kier molecular flexibility index (Phi) is 3.84. The lowest BCUT2D eigenvalue weighted by Gasteiger charge is -1.91. The van der Waals surface area contributed by atoms with Crippen LogP contribution >= 0.6 is 10.7 Å². The standard InChI is InChI=1S/C4H8ClNO2S/c1-2-3-4-6-9(5,7)8/h2-3,6H,4H2,1H3/b3-2+. The Morgan fingerprint density at radius 1 is 1.67 bits per heavy atom. The molecule has 0 aliphatic rings. The maximum absolute atomic E-state index is 10.1. The molecule has 0 radical (unpaired) electrons. The molecule has 54 valence electrons. The van der Waals surface area contributed by atoms with Gasteiger partial charge in [0.2, 0.25) is 0 Å². The zero-order valence-electron chi connectivity index (χ0n) is 4.96. The van der Waals surface area contributed by atoms with Gasteiger partial charge in [0.15, 0.2) is 0 Å². The van der Waals surface area contributed by atoms with E-state index in [0.717, 1.165) is 0 Å². The molecule has 0 aromatic heterocycles. The number of nitrogens with one attached hydrogen (secondary N) is 1. The molecule has 5 heteroatoms. The molecule has 9 heavy (non-hydrogen) atoms. The van der Waals surface area contributed by atoms with Gasteiger partial charge in [-0.15, -0.1) is 0 Å². The van der Waals surface area contributed by atoms with E-state index in [1.807, 2.05) is 0 Å². The Morgan fingerprint density at radius 2 is 2.22 bits per heavy atom. The normalized spacial score (nSPS) is 12.7. The zero-order chi connectivity index (χ0) is 7.33. The second-order valence-electron chi connectivity index (χ2n) is 1.36. The molecule has 0 heterocycles. The Labute approximate surface area is 59.3 Å². The third kappa shape index (κ3) is 7.94. The van der Waals surface area contributed by atoms with E-state index in [1.165, 1.54) is 0 Å². The van der Waals surface area contributed by atoms with Gasteiger partial charge in [0.1, 0.15) is 0 Å². The Bertz CT molecular complexity index is 185. The lowest BCUT2D eigenvalue weighted by atomic mass is 10.5. The third-order valence-electron chi connectivity index (χ3n) is 0.609. The first-order valence-corrected chi connectivity index (χ1v) is 4.67. The van der Waals surface area contributed by atoms with Gasteiger partial charge < -0.3 is 0 Å². The highest BCUT2D eigenvalue weighted by Crippen LogP contribution is 1.87. The summed E-state index contributed by atoms with van der Waals surface area (Å²) in [6.45, 7) is 2.05. The average molecular weight is 170 g/mol. The van der Waals surface area contributed by atoms with E-state index < -0.39 is 9.24 Å². The van der Waals surface area contributed by atoms with Crippen molar-refractivity contribution in [3.8, 4) is 0 Å². The minimum atomic E-state index is -3.53. The van der Waals surface area contributed by atoms with Crippen molar-refractivity contribution in [1.82, 2.24) is 4.72 Å². The number of halogens is 1. The first-order valence-electron chi connectivity index (χ1n) is 2.36. The molecule has 0 fully saturated rings. The minimum absolute atomic E-state index is 0.252. The third-order valence-corrected chi connectivity index (χ3v) is 1.45. The van der Waals surface area contributed by atoms with Crippen molar-refractivity contribution in [3.63, 3.8) is 0 Å². The Hall–Kier alpha value is -0.0600. The van der Waals surface area contributed by atoms with Crippen LogP contribution in [0.5, 0.6) is 0 Å². The summed E-state index contributed by atoms with van der Waals surface area (Å²) in [6.07, 6.45) is 3.38. The van der Waals surface area contributed by atoms with Gasteiger partial charge >= 0.3 is 0 Å². The molecule has 0 aromatic rings. The lowest BCUT2D eigenvalue weighted by Crippen LogP contribution is -2.17. The van der Waals surface area contributed by atoms with E-state index in [4.69, 9.17) is 10.7 Å². The molecule has 3 nitrogen and oxygen atoms in total. The van der Waals surface area contributed by atoms with E-state index in [2.05, 4.69) is 4.72 Å². The first-order chi connectivity index (χ1) is 4.06. The lowest BCUT2D eigenvalue weighted by molar-refractivity contribution is 0.600. The molecule has 0 saturated carbocycles. The van der Waals surface area contributed by atoms with Gasteiger partial charge in [-0.3, -0.25) is 0 Å². The predicted molar refractivity (Wildman–Crippen MR) is 37.6 cm³/mol. The highest BCUT2D eigenvalue weighted by molar-refractivity contribution is 8.12. The molecule has 0 spiro atoms. The van der Waals surface area contributed by atoms with Crippen LogP contribution in [-0.4, -0.2) is 15.0 Å². The van der Waals surface area contributed by atoms with Crippen molar-refractivity contribution in [2.75, 3.05) is 6.54 Å². The van der Waals surface area contributed by atoms with Crippen LogP contribution in [0.2, 0.25) is 0 Å². The van der Waals surface area contributed by atoms with Gasteiger partial charge in [0, 0.05) is 17.2 Å². The van der Waals surface area contributed by atoms with Crippen LogP contribution in [0.15, 0.2) is 12.2 Å². The summed E-state index contributed by atoms with van der Waals surface area (Å²) in [5.74, 6) is 0. The van der Waals surface area contributed by atoms with Crippen LogP contribution in [0.4, 0.5) is 0 Å². The van der Waals surface area contributed by atoms with Crippen LogP contribution in [0, 0.1) is 0 Å². The van der Waals surface area contributed by atoms with Crippen LogP contribution in [0.3, 0.4) is 0 Å². The molecule has 0 atom stereocenters. The van der Waals surface area contributed by atoms with E-state index in [-0.39, 0.29) is 6.54 Å². The summed E-state index contributed by atoms with van der Waals surface area (Å²) in [6, 6.07) is 0. The van der Waals surface area contributed by atoms with Crippen LogP contribution in [0.1, 0.15) is 6.92 Å². The predicted octanol–water partition coefficient (Wildman–Crippen LogP) is 0.636. The monoisotopic (exact) mass is 169 g/mol. The van der Waals surface area contributed by atoms with Gasteiger partial charge in [0.25, 0.3) is 9.24 Å². The fourth-order valence-corrected chi connectivity index (χ4v) is 0.750. The van der Waals surface area contributed by atoms with E-state index in [9.17, 15) is 8.42 Å². The second kappa shape index (κ2) is 3.87. The highest BCUT2D eigenvalue weighted by atomic mass is 35.7. The molecule has 0 unspecified atom stereocenters. The Balaban J connectivity index is 3.53. The molecule has 0 aromatic carbocycles. The first kappa shape index (κ1) is 8.94. The molecule has 1 N–H and O–H groups in total. The molecular formula is C4H8ClNO2S. The summed E-state index contributed by atoms with van der Waals surface area (Å²) in [4.78, 5) is 0. The van der Waals surface area contributed by atoms with Gasteiger partial charge in [-0.2, -0.15) is 13.1 Å². The van der Waals surface area contributed by atoms with Gasteiger partial charge in [-0.25, -0.2) is 0 Å². The van der Waals surface area contributed by atoms with Crippen molar-refractivity contribution in [2.24, 2.45) is 0 Å². The molecule has 0 rings (SSSR count). The van der Waals surface area contributed by atoms with Crippen molar-refractivity contribution in [3.05, 3.63) is 12.2 Å². The number of allylic oxidation sites excluding steroid dienone is 1. The number of rotatable bonds is 3. The zero-order valence-corrected chi connectivity index (χ0v) is 6.54. The maximum atomic E-state index is 10.1. The average Bonchev–Trinajstić information content (AvgIpc) is 1.63. The van der Waals surface area contributed by atoms with Crippen molar-refractivity contribution in [2.45, 2.75) is 6.92 Å².